The van der Waals surface area contributed by atoms with Crippen molar-refractivity contribution in [3.05, 3.63) is 57.4 Å². The van der Waals surface area contributed by atoms with E-state index in [1.807, 2.05) is 25.9 Å². The van der Waals surface area contributed by atoms with Gasteiger partial charge in [0.15, 0.2) is 0 Å². The molecule has 1 aliphatic rings. The van der Waals surface area contributed by atoms with Crippen LogP contribution in [-0.2, 0) is 16.6 Å². The van der Waals surface area contributed by atoms with E-state index in [9.17, 15) is 14.7 Å². The number of amides is 1. The van der Waals surface area contributed by atoms with Crippen molar-refractivity contribution >= 4 is 29.1 Å². The van der Waals surface area contributed by atoms with Crippen LogP contribution in [0, 0.1) is 13.8 Å². The van der Waals surface area contributed by atoms with Gasteiger partial charge in [0.1, 0.15) is 5.76 Å². The van der Waals surface area contributed by atoms with Gasteiger partial charge in [-0.3, -0.25) is 14.3 Å². The highest BCUT2D eigenvalue weighted by Gasteiger charge is 2.46. The van der Waals surface area contributed by atoms with Gasteiger partial charge in [0.2, 0.25) is 0 Å². The molecule has 3 rings (SSSR count). The van der Waals surface area contributed by atoms with Gasteiger partial charge in [-0.05, 0) is 58.6 Å². The number of hydrogen-bond donors (Lipinski definition) is 1. The third-order valence-electron chi connectivity index (χ3n) is 5.48. The number of Topliss-reactive ketones (excluding diaryl/α,β-unsaturated/α-hetero) is 1. The highest BCUT2D eigenvalue weighted by molar-refractivity contribution is 6.46. The number of halogens is 1. The summed E-state index contributed by atoms with van der Waals surface area (Å²) in [5, 5.41) is 16.1. The Bertz CT molecular complexity index is 1010. The Hall–Kier alpha value is -2.64. The zero-order valence-electron chi connectivity index (χ0n) is 17.9. The van der Waals surface area contributed by atoms with E-state index in [-0.39, 0.29) is 11.3 Å². The molecule has 7 nitrogen and oxygen atoms in total. The fourth-order valence-electron chi connectivity index (χ4n) is 3.91. The van der Waals surface area contributed by atoms with Crippen molar-refractivity contribution in [2.24, 2.45) is 7.05 Å². The molecular weight excluding hydrogens is 404 g/mol. The molecule has 1 atom stereocenters. The first kappa shape index (κ1) is 22.1. The minimum absolute atomic E-state index is 0.0892. The van der Waals surface area contributed by atoms with Crippen LogP contribution in [0.25, 0.3) is 5.76 Å². The molecule has 2 heterocycles. The summed E-state index contributed by atoms with van der Waals surface area (Å²) in [6.45, 7) is 4.76. The zero-order chi connectivity index (χ0) is 22.2. The van der Waals surface area contributed by atoms with Gasteiger partial charge in [0, 0.05) is 24.3 Å². The summed E-state index contributed by atoms with van der Waals surface area (Å²) in [7, 11) is 5.69. The van der Waals surface area contributed by atoms with E-state index in [1.54, 1.807) is 47.8 Å². The van der Waals surface area contributed by atoms with Gasteiger partial charge in [0.05, 0.1) is 22.9 Å². The maximum atomic E-state index is 13.0. The van der Waals surface area contributed by atoms with Crippen LogP contribution in [0.5, 0.6) is 0 Å². The Morgan fingerprint density at radius 1 is 1.20 bits per heavy atom. The number of aliphatic hydroxyl groups excluding tert-OH is 1. The van der Waals surface area contributed by atoms with Gasteiger partial charge < -0.3 is 14.9 Å². The summed E-state index contributed by atoms with van der Waals surface area (Å²) >= 11 is 6.04. The highest BCUT2D eigenvalue weighted by atomic mass is 35.5. The Kier molecular flexibility index (Phi) is 6.33. The lowest BCUT2D eigenvalue weighted by Crippen LogP contribution is -2.32. The van der Waals surface area contributed by atoms with Crippen molar-refractivity contribution in [2.45, 2.75) is 26.3 Å². The fourth-order valence-corrected chi connectivity index (χ4v) is 4.04. The summed E-state index contributed by atoms with van der Waals surface area (Å²) < 4.78 is 1.65. The predicted octanol–water partition coefficient (Wildman–Crippen LogP) is 3.06. The second-order valence-electron chi connectivity index (χ2n) is 7.87. The summed E-state index contributed by atoms with van der Waals surface area (Å²) in [6, 6.07) is 6.33. The number of aliphatic hydroxyl groups is 1. The van der Waals surface area contributed by atoms with E-state index in [1.165, 1.54) is 0 Å². The second kappa shape index (κ2) is 8.62. The molecule has 1 saturated heterocycles. The predicted molar refractivity (Wildman–Crippen MR) is 116 cm³/mol. The minimum Gasteiger partial charge on any atom is -0.507 e. The summed E-state index contributed by atoms with van der Waals surface area (Å²) in [6.07, 6.45) is 0.703. The van der Waals surface area contributed by atoms with Crippen molar-refractivity contribution in [2.75, 3.05) is 27.2 Å². The third kappa shape index (κ3) is 4.00. The average Bonchev–Trinajstić information content (AvgIpc) is 3.08. The van der Waals surface area contributed by atoms with E-state index in [4.69, 9.17) is 11.6 Å². The molecule has 1 aromatic carbocycles. The van der Waals surface area contributed by atoms with Crippen LogP contribution in [0.4, 0.5) is 0 Å². The SMILES string of the molecule is Cc1nn(C)c(C)c1C(O)=C1C(=O)C(=O)N(CCCN(C)C)[C@@H]1c1ccc(Cl)cc1. The molecule has 0 aliphatic carbocycles. The van der Waals surface area contributed by atoms with E-state index in [0.29, 0.717) is 29.2 Å². The van der Waals surface area contributed by atoms with Crippen LogP contribution in [0.1, 0.15) is 35.0 Å². The molecule has 30 heavy (non-hydrogen) atoms. The fraction of sp³-hybridized carbons (Fsp3) is 0.409. The Morgan fingerprint density at radius 2 is 1.83 bits per heavy atom. The number of ketones is 1. The van der Waals surface area contributed by atoms with Crippen molar-refractivity contribution < 1.29 is 14.7 Å². The quantitative estimate of drug-likeness (QED) is 0.433. The van der Waals surface area contributed by atoms with Crippen LogP contribution < -0.4 is 0 Å². The van der Waals surface area contributed by atoms with Gasteiger partial charge in [-0.1, -0.05) is 23.7 Å². The topological polar surface area (TPSA) is 78.7 Å². The molecule has 1 aromatic heterocycles. The first-order chi connectivity index (χ1) is 14.1. The standard InChI is InChI=1S/C22H27ClN4O3/c1-13-17(14(2)26(5)24-13)20(28)18-19(15-7-9-16(23)10-8-15)27(22(30)21(18)29)12-6-11-25(3)4/h7-10,19,28H,6,11-12H2,1-5H3/t19-/m1/s1. The molecule has 0 bridgehead atoms. The number of aryl methyl sites for hydroxylation is 2. The molecule has 0 saturated carbocycles. The van der Waals surface area contributed by atoms with E-state index >= 15 is 0 Å². The maximum Gasteiger partial charge on any atom is 0.295 e. The number of aromatic nitrogens is 2. The van der Waals surface area contributed by atoms with Gasteiger partial charge in [-0.2, -0.15) is 5.10 Å². The Balaban J connectivity index is 2.14. The lowest BCUT2D eigenvalue weighted by Gasteiger charge is -2.26. The number of hydrogen-bond acceptors (Lipinski definition) is 5. The van der Waals surface area contributed by atoms with Crippen LogP contribution in [0.15, 0.2) is 29.8 Å². The third-order valence-corrected chi connectivity index (χ3v) is 5.73. The molecule has 1 amide bonds. The molecule has 1 fully saturated rings. The Labute approximate surface area is 181 Å². The lowest BCUT2D eigenvalue weighted by molar-refractivity contribution is -0.139. The lowest BCUT2D eigenvalue weighted by atomic mass is 9.94. The molecule has 1 N–H and O–H groups in total. The largest absolute Gasteiger partial charge is 0.507 e. The van der Waals surface area contributed by atoms with E-state index in [0.717, 1.165) is 17.8 Å². The number of benzene rings is 1. The van der Waals surface area contributed by atoms with E-state index in [2.05, 4.69) is 5.10 Å². The zero-order valence-corrected chi connectivity index (χ0v) is 18.7. The van der Waals surface area contributed by atoms with Crippen LogP contribution in [0.2, 0.25) is 5.02 Å². The second-order valence-corrected chi connectivity index (χ2v) is 8.31. The molecule has 160 valence electrons. The molecule has 0 unspecified atom stereocenters. The molecular formula is C22H27ClN4O3. The molecule has 0 radical (unpaired) electrons. The monoisotopic (exact) mass is 430 g/mol. The first-order valence-electron chi connectivity index (χ1n) is 9.82. The summed E-state index contributed by atoms with van der Waals surface area (Å²) in [4.78, 5) is 29.5. The van der Waals surface area contributed by atoms with E-state index < -0.39 is 17.7 Å². The minimum atomic E-state index is -0.681. The summed E-state index contributed by atoms with van der Waals surface area (Å²) in [5.74, 6) is -1.47. The number of likely N-dealkylation sites (tertiary alicyclic amines) is 1. The van der Waals surface area contributed by atoms with Crippen LogP contribution in [0.3, 0.4) is 0 Å². The smallest absolute Gasteiger partial charge is 0.295 e. The van der Waals surface area contributed by atoms with Crippen LogP contribution >= 0.6 is 11.6 Å². The Morgan fingerprint density at radius 3 is 2.37 bits per heavy atom. The average molecular weight is 431 g/mol. The van der Waals surface area contributed by atoms with Gasteiger partial charge in [-0.25, -0.2) is 0 Å². The van der Waals surface area contributed by atoms with Crippen molar-refractivity contribution in [3.63, 3.8) is 0 Å². The summed E-state index contributed by atoms with van der Waals surface area (Å²) in [5.41, 5.74) is 2.62. The van der Waals surface area contributed by atoms with Crippen molar-refractivity contribution in [1.29, 1.82) is 0 Å². The molecule has 2 aromatic rings. The van der Waals surface area contributed by atoms with Crippen molar-refractivity contribution in [3.8, 4) is 0 Å². The number of nitrogens with zero attached hydrogens (tertiary/aromatic N) is 4. The van der Waals surface area contributed by atoms with Gasteiger partial charge >= 0.3 is 0 Å². The highest BCUT2D eigenvalue weighted by Crippen LogP contribution is 2.40. The molecule has 8 heteroatoms. The van der Waals surface area contributed by atoms with Gasteiger partial charge in [0.25, 0.3) is 11.7 Å². The first-order valence-corrected chi connectivity index (χ1v) is 10.2. The van der Waals surface area contributed by atoms with Gasteiger partial charge in [-0.15, -0.1) is 0 Å². The molecule has 0 spiro atoms. The number of carbonyl (C=O) groups is 2. The van der Waals surface area contributed by atoms with Crippen molar-refractivity contribution in [1.82, 2.24) is 19.6 Å². The number of carbonyl (C=O) groups excluding carboxylic acids is 2. The van der Waals surface area contributed by atoms with Crippen LogP contribution in [-0.4, -0.2) is 63.6 Å². The maximum absolute atomic E-state index is 13.0. The normalized spacial score (nSPS) is 18.6. The number of rotatable bonds is 6. The molecule has 1 aliphatic heterocycles.